The SMILES string of the molecule is Cc1occc1C(=O)Cc1cc(Cl)cc2c1OCC2. The molecule has 0 fully saturated rings. The third-order valence-corrected chi connectivity index (χ3v) is 3.55. The highest BCUT2D eigenvalue weighted by atomic mass is 35.5. The molecule has 0 unspecified atom stereocenters. The second-order valence-electron chi connectivity index (χ2n) is 4.64. The smallest absolute Gasteiger partial charge is 0.170 e. The van der Waals surface area contributed by atoms with Gasteiger partial charge in [0, 0.05) is 23.4 Å². The van der Waals surface area contributed by atoms with Crippen molar-refractivity contribution in [2.24, 2.45) is 0 Å². The number of hydrogen-bond donors (Lipinski definition) is 0. The van der Waals surface area contributed by atoms with E-state index in [1.54, 1.807) is 19.1 Å². The lowest BCUT2D eigenvalue weighted by Gasteiger charge is -2.08. The number of hydrogen-bond acceptors (Lipinski definition) is 3. The van der Waals surface area contributed by atoms with Crippen molar-refractivity contribution in [3.05, 3.63) is 51.9 Å². The Morgan fingerprint density at radius 3 is 3.00 bits per heavy atom. The van der Waals surface area contributed by atoms with Gasteiger partial charge in [0.1, 0.15) is 11.5 Å². The molecule has 2 aromatic rings. The highest BCUT2D eigenvalue weighted by molar-refractivity contribution is 6.30. The average Bonchev–Trinajstić information content (AvgIpc) is 2.97. The summed E-state index contributed by atoms with van der Waals surface area (Å²) in [6.45, 7) is 2.44. The summed E-state index contributed by atoms with van der Waals surface area (Å²) >= 11 is 6.08. The van der Waals surface area contributed by atoms with Crippen molar-refractivity contribution in [2.75, 3.05) is 6.61 Å². The zero-order chi connectivity index (χ0) is 13.4. The molecule has 0 atom stereocenters. The number of halogens is 1. The van der Waals surface area contributed by atoms with Crippen molar-refractivity contribution in [1.82, 2.24) is 0 Å². The van der Waals surface area contributed by atoms with Gasteiger partial charge in [0.15, 0.2) is 5.78 Å². The molecule has 1 aliphatic heterocycles. The predicted molar refractivity (Wildman–Crippen MR) is 72.1 cm³/mol. The van der Waals surface area contributed by atoms with Gasteiger partial charge in [-0.1, -0.05) is 11.6 Å². The Morgan fingerprint density at radius 1 is 1.42 bits per heavy atom. The molecule has 0 amide bonds. The molecule has 0 radical (unpaired) electrons. The first kappa shape index (κ1) is 12.3. The lowest BCUT2D eigenvalue weighted by molar-refractivity contribution is 0.0990. The first-order valence-electron chi connectivity index (χ1n) is 6.16. The van der Waals surface area contributed by atoms with Gasteiger partial charge in [-0.3, -0.25) is 4.79 Å². The molecule has 1 aliphatic rings. The van der Waals surface area contributed by atoms with Crippen molar-refractivity contribution in [1.29, 1.82) is 0 Å². The maximum absolute atomic E-state index is 12.2. The maximum atomic E-state index is 12.2. The Balaban J connectivity index is 1.92. The third kappa shape index (κ3) is 2.26. The van der Waals surface area contributed by atoms with E-state index in [4.69, 9.17) is 20.8 Å². The molecule has 0 saturated heterocycles. The molecular formula is C15H13ClO3. The number of rotatable bonds is 3. The second-order valence-corrected chi connectivity index (χ2v) is 5.08. The number of carbonyl (C=O) groups excluding carboxylic acids is 1. The molecule has 19 heavy (non-hydrogen) atoms. The zero-order valence-electron chi connectivity index (χ0n) is 10.5. The third-order valence-electron chi connectivity index (χ3n) is 3.34. The van der Waals surface area contributed by atoms with Crippen LogP contribution in [-0.4, -0.2) is 12.4 Å². The van der Waals surface area contributed by atoms with Crippen molar-refractivity contribution < 1.29 is 13.9 Å². The van der Waals surface area contributed by atoms with E-state index < -0.39 is 0 Å². The quantitative estimate of drug-likeness (QED) is 0.804. The van der Waals surface area contributed by atoms with Gasteiger partial charge in [0.05, 0.1) is 18.4 Å². The van der Waals surface area contributed by atoms with Crippen molar-refractivity contribution in [3.8, 4) is 5.75 Å². The van der Waals surface area contributed by atoms with Gasteiger partial charge in [0.2, 0.25) is 0 Å². The number of fused-ring (bicyclic) bond motifs is 1. The molecule has 4 heteroatoms. The molecule has 0 N–H and O–H groups in total. The van der Waals surface area contributed by atoms with E-state index in [1.165, 1.54) is 6.26 Å². The number of Topliss-reactive ketones (excluding diaryl/α,β-unsaturated/α-hetero) is 1. The summed E-state index contributed by atoms with van der Waals surface area (Å²) in [7, 11) is 0. The average molecular weight is 277 g/mol. The van der Waals surface area contributed by atoms with Crippen LogP contribution in [0.5, 0.6) is 5.75 Å². The topological polar surface area (TPSA) is 39.4 Å². The highest BCUT2D eigenvalue weighted by Crippen LogP contribution is 2.33. The number of benzene rings is 1. The molecule has 1 aromatic heterocycles. The number of ether oxygens (including phenoxy) is 1. The van der Waals surface area contributed by atoms with Crippen LogP contribution >= 0.6 is 11.6 Å². The second kappa shape index (κ2) is 4.74. The lowest BCUT2D eigenvalue weighted by atomic mass is 10.0. The molecule has 2 heterocycles. The van der Waals surface area contributed by atoms with Crippen LogP contribution in [0.25, 0.3) is 0 Å². The van der Waals surface area contributed by atoms with Crippen LogP contribution in [0, 0.1) is 6.92 Å². The Labute approximate surface area is 116 Å². The molecule has 0 aliphatic carbocycles. The molecule has 0 saturated carbocycles. The number of aryl methyl sites for hydroxylation is 1. The van der Waals surface area contributed by atoms with Crippen molar-refractivity contribution in [3.63, 3.8) is 0 Å². The number of furan rings is 1. The molecular weight excluding hydrogens is 264 g/mol. The monoisotopic (exact) mass is 276 g/mol. The van der Waals surface area contributed by atoms with Gasteiger partial charge in [-0.2, -0.15) is 0 Å². The fourth-order valence-electron chi connectivity index (χ4n) is 2.42. The molecule has 3 rings (SSSR count). The molecule has 0 bridgehead atoms. The van der Waals surface area contributed by atoms with Gasteiger partial charge in [-0.05, 0) is 30.7 Å². The van der Waals surface area contributed by atoms with Crippen LogP contribution in [0.3, 0.4) is 0 Å². The summed E-state index contributed by atoms with van der Waals surface area (Å²) in [5.74, 6) is 1.48. The molecule has 0 spiro atoms. The molecule has 1 aromatic carbocycles. The number of carbonyl (C=O) groups is 1. The summed E-state index contributed by atoms with van der Waals surface area (Å²) in [5, 5.41) is 0.649. The molecule has 98 valence electrons. The summed E-state index contributed by atoms with van der Waals surface area (Å²) in [6, 6.07) is 5.41. The normalized spacial score (nSPS) is 13.2. The largest absolute Gasteiger partial charge is 0.493 e. The van der Waals surface area contributed by atoms with Crippen molar-refractivity contribution >= 4 is 17.4 Å². The fourth-order valence-corrected chi connectivity index (χ4v) is 2.68. The van der Waals surface area contributed by atoms with Crippen molar-refractivity contribution in [2.45, 2.75) is 19.8 Å². The van der Waals surface area contributed by atoms with Gasteiger partial charge in [-0.25, -0.2) is 0 Å². The Morgan fingerprint density at radius 2 is 2.26 bits per heavy atom. The van der Waals surface area contributed by atoms with E-state index >= 15 is 0 Å². The van der Waals surface area contributed by atoms with Gasteiger partial charge < -0.3 is 9.15 Å². The minimum atomic E-state index is 0.0196. The summed E-state index contributed by atoms with van der Waals surface area (Å²) in [6.07, 6.45) is 2.66. The lowest BCUT2D eigenvalue weighted by Crippen LogP contribution is -2.05. The van der Waals surface area contributed by atoms with Crippen LogP contribution in [0.2, 0.25) is 5.02 Å². The Kier molecular flexibility index (Phi) is 3.07. The number of ketones is 1. The van der Waals surface area contributed by atoms with Crippen LogP contribution in [0.1, 0.15) is 27.2 Å². The van der Waals surface area contributed by atoms with Gasteiger partial charge in [0.25, 0.3) is 0 Å². The summed E-state index contributed by atoms with van der Waals surface area (Å²) in [4.78, 5) is 12.2. The standard InChI is InChI=1S/C15H13ClO3/c1-9-13(3-5-18-9)14(17)8-11-7-12(16)6-10-2-4-19-15(10)11/h3,5-7H,2,4,8H2,1H3. The van der Waals surface area contributed by atoms with E-state index in [0.29, 0.717) is 23.0 Å². The van der Waals surface area contributed by atoms with Gasteiger partial charge >= 0.3 is 0 Å². The van der Waals surface area contributed by atoms with E-state index in [1.807, 2.05) is 6.07 Å². The minimum Gasteiger partial charge on any atom is -0.493 e. The maximum Gasteiger partial charge on any atom is 0.170 e. The summed E-state index contributed by atoms with van der Waals surface area (Å²) < 4.78 is 10.8. The van der Waals surface area contributed by atoms with Gasteiger partial charge in [-0.15, -0.1) is 0 Å². The Hall–Kier alpha value is -1.74. The van der Waals surface area contributed by atoms with Crippen LogP contribution in [-0.2, 0) is 12.8 Å². The fraction of sp³-hybridized carbons (Fsp3) is 0.267. The minimum absolute atomic E-state index is 0.0196. The Bertz CT molecular complexity index is 643. The molecule has 3 nitrogen and oxygen atoms in total. The van der Waals surface area contributed by atoms with E-state index in [2.05, 4.69) is 0 Å². The predicted octanol–water partition coefficient (Wildman–Crippen LogP) is 3.60. The van der Waals surface area contributed by atoms with Crippen LogP contribution in [0.4, 0.5) is 0 Å². The summed E-state index contributed by atoms with van der Waals surface area (Å²) in [5.41, 5.74) is 2.55. The van der Waals surface area contributed by atoms with E-state index in [0.717, 1.165) is 23.3 Å². The van der Waals surface area contributed by atoms with E-state index in [-0.39, 0.29) is 12.2 Å². The first-order valence-corrected chi connectivity index (χ1v) is 6.54. The van der Waals surface area contributed by atoms with Crippen LogP contribution < -0.4 is 4.74 Å². The van der Waals surface area contributed by atoms with E-state index in [9.17, 15) is 4.79 Å². The highest BCUT2D eigenvalue weighted by Gasteiger charge is 2.21. The first-order chi connectivity index (χ1) is 9.15. The zero-order valence-corrected chi connectivity index (χ0v) is 11.3. The van der Waals surface area contributed by atoms with Crippen LogP contribution in [0.15, 0.2) is 28.9 Å².